The molecule has 2 aromatic carbocycles. The third-order valence-electron chi connectivity index (χ3n) is 3.45. The highest BCUT2D eigenvalue weighted by molar-refractivity contribution is 5.35. The molecule has 21 heavy (non-hydrogen) atoms. The molecule has 112 valence electrons. The van der Waals surface area contributed by atoms with Gasteiger partial charge in [0.1, 0.15) is 11.5 Å². The molecule has 0 spiro atoms. The highest BCUT2D eigenvalue weighted by Gasteiger charge is 2.09. The number of hydrogen-bond donors (Lipinski definition) is 1. The maximum atomic E-state index is 5.45. The summed E-state index contributed by atoms with van der Waals surface area (Å²) >= 11 is 0. The van der Waals surface area contributed by atoms with E-state index in [-0.39, 0.29) is 6.04 Å². The van der Waals surface area contributed by atoms with Crippen molar-refractivity contribution < 1.29 is 9.47 Å². The van der Waals surface area contributed by atoms with E-state index in [0.29, 0.717) is 6.61 Å². The molecule has 1 atom stereocenters. The van der Waals surface area contributed by atoms with Gasteiger partial charge in [-0.2, -0.15) is 0 Å². The van der Waals surface area contributed by atoms with Crippen LogP contribution in [0.1, 0.15) is 31.0 Å². The molecule has 0 aliphatic carbocycles. The van der Waals surface area contributed by atoms with Crippen molar-refractivity contribution in [3.05, 3.63) is 59.7 Å². The second-order valence-electron chi connectivity index (χ2n) is 4.92. The first-order valence-corrected chi connectivity index (χ1v) is 7.32. The fourth-order valence-corrected chi connectivity index (χ4v) is 2.28. The van der Waals surface area contributed by atoms with Gasteiger partial charge in [-0.15, -0.1) is 0 Å². The summed E-state index contributed by atoms with van der Waals surface area (Å²) in [4.78, 5) is 0. The minimum atomic E-state index is 0.229. The van der Waals surface area contributed by atoms with Crippen molar-refractivity contribution in [3.8, 4) is 11.5 Å². The molecule has 1 N–H and O–H groups in total. The Balaban J connectivity index is 1.95. The molecule has 1 unspecified atom stereocenters. The predicted octanol–water partition coefficient (Wildman–Crippen LogP) is 3.94. The van der Waals surface area contributed by atoms with Crippen molar-refractivity contribution in [2.24, 2.45) is 0 Å². The van der Waals surface area contributed by atoms with Gasteiger partial charge in [0.25, 0.3) is 0 Å². The predicted molar refractivity (Wildman–Crippen MR) is 85.9 cm³/mol. The van der Waals surface area contributed by atoms with Crippen LogP contribution in [0.4, 0.5) is 0 Å². The summed E-state index contributed by atoms with van der Waals surface area (Å²) in [6.07, 6.45) is 0. The Kier molecular flexibility index (Phi) is 5.64. The zero-order valence-corrected chi connectivity index (χ0v) is 12.9. The fourth-order valence-electron chi connectivity index (χ4n) is 2.28. The van der Waals surface area contributed by atoms with Crippen molar-refractivity contribution in [1.29, 1.82) is 0 Å². The summed E-state index contributed by atoms with van der Waals surface area (Å²) in [6, 6.07) is 16.5. The molecule has 2 aromatic rings. The maximum Gasteiger partial charge on any atom is 0.123 e. The molecule has 0 aromatic heterocycles. The summed E-state index contributed by atoms with van der Waals surface area (Å²) in [7, 11) is 1.71. The molecule has 0 bridgehead atoms. The fraction of sp³-hybridized carbons (Fsp3) is 0.333. The molecule has 0 saturated carbocycles. The van der Waals surface area contributed by atoms with E-state index in [0.717, 1.165) is 18.0 Å². The Morgan fingerprint density at radius 3 is 2.43 bits per heavy atom. The van der Waals surface area contributed by atoms with E-state index in [9.17, 15) is 0 Å². The molecule has 3 nitrogen and oxygen atoms in total. The Hall–Kier alpha value is -2.00. The van der Waals surface area contributed by atoms with E-state index in [2.05, 4.69) is 30.4 Å². The standard InChI is InChI=1S/C18H23NO2/c1-4-21-16-11-9-15(10-12-16)13-19-14(2)17-7-5-6-8-18(17)20-3/h5-12,14,19H,4,13H2,1-3H3. The number of para-hydroxylation sites is 1. The van der Waals surface area contributed by atoms with E-state index < -0.39 is 0 Å². The van der Waals surface area contributed by atoms with Crippen LogP contribution in [0.5, 0.6) is 11.5 Å². The van der Waals surface area contributed by atoms with Crippen LogP contribution < -0.4 is 14.8 Å². The number of benzene rings is 2. The van der Waals surface area contributed by atoms with Crippen LogP contribution in [0, 0.1) is 0 Å². The van der Waals surface area contributed by atoms with E-state index >= 15 is 0 Å². The number of ether oxygens (including phenoxy) is 2. The Morgan fingerprint density at radius 1 is 1.05 bits per heavy atom. The molecular weight excluding hydrogens is 262 g/mol. The van der Waals surface area contributed by atoms with Gasteiger partial charge in [0.05, 0.1) is 13.7 Å². The van der Waals surface area contributed by atoms with Crippen molar-refractivity contribution in [2.45, 2.75) is 26.4 Å². The third-order valence-corrected chi connectivity index (χ3v) is 3.45. The average molecular weight is 285 g/mol. The highest BCUT2D eigenvalue weighted by atomic mass is 16.5. The number of nitrogens with one attached hydrogen (secondary N) is 1. The minimum Gasteiger partial charge on any atom is -0.496 e. The van der Waals surface area contributed by atoms with Crippen molar-refractivity contribution in [3.63, 3.8) is 0 Å². The van der Waals surface area contributed by atoms with Crippen molar-refractivity contribution in [1.82, 2.24) is 5.32 Å². The lowest BCUT2D eigenvalue weighted by atomic mass is 10.1. The second kappa shape index (κ2) is 7.70. The largest absolute Gasteiger partial charge is 0.496 e. The van der Waals surface area contributed by atoms with Gasteiger partial charge in [-0.3, -0.25) is 0 Å². The maximum absolute atomic E-state index is 5.45. The molecule has 3 heteroatoms. The summed E-state index contributed by atoms with van der Waals surface area (Å²) in [5, 5.41) is 3.52. The zero-order valence-electron chi connectivity index (χ0n) is 12.9. The molecule has 0 heterocycles. The number of rotatable bonds is 7. The highest BCUT2D eigenvalue weighted by Crippen LogP contribution is 2.24. The Bertz CT molecular complexity index is 551. The molecule has 0 amide bonds. The van der Waals surface area contributed by atoms with E-state index in [1.165, 1.54) is 11.1 Å². The Labute approximate surface area is 126 Å². The summed E-state index contributed by atoms with van der Waals surface area (Å²) in [6.45, 7) is 5.64. The normalized spacial score (nSPS) is 12.0. The first-order valence-electron chi connectivity index (χ1n) is 7.32. The summed E-state index contributed by atoms with van der Waals surface area (Å²) in [5.74, 6) is 1.84. The molecule has 0 aliphatic heterocycles. The molecule has 0 aliphatic rings. The van der Waals surface area contributed by atoms with E-state index in [4.69, 9.17) is 9.47 Å². The van der Waals surface area contributed by atoms with Crippen LogP contribution in [0.25, 0.3) is 0 Å². The van der Waals surface area contributed by atoms with Crippen LogP contribution in [0.2, 0.25) is 0 Å². The van der Waals surface area contributed by atoms with E-state index in [1.807, 2.05) is 37.3 Å². The van der Waals surface area contributed by atoms with Gasteiger partial charge in [-0.25, -0.2) is 0 Å². The second-order valence-corrected chi connectivity index (χ2v) is 4.92. The van der Waals surface area contributed by atoms with Crippen LogP contribution in [-0.4, -0.2) is 13.7 Å². The summed E-state index contributed by atoms with van der Waals surface area (Å²) in [5.41, 5.74) is 2.41. The number of hydrogen-bond acceptors (Lipinski definition) is 3. The zero-order chi connectivity index (χ0) is 15.1. The van der Waals surface area contributed by atoms with Crippen molar-refractivity contribution >= 4 is 0 Å². The van der Waals surface area contributed by atoms with Gasteiger partial charge in [0, 0.05) is 18.2 Å². The smallest absolute Gasteiger partial charge is 0.123 e. The van der Waals surface area contributed by atoms with Crippen molar-refractivity contribution in [2.75, 3.05) is 13.7 Å². The first-order chi connectivity index (χ1) is 10.2. The SMILES string of the molecule is CCOc1ccc(CNC(C)c2ccccc2OC)cc1. The lowest BCUT2D eigenvalue weighted by Gasteiger charge is -2.17. The van der Waals surface area contributed by atoms with Crippen LogP contribution in [-0.2, 0) is 6.54 Å². The van der Waals surface area contributed by atoms with Gasteiger partial charge in [0.15, 0.2) is 0 Å². The van der Waals surface area contributed by atoms with E-state index in [1.54, 1.807) is 7.11 Å². The van der Waals surface area contributed by atoms with Crippen LogP contribution in [0.15, 0.2) is 48.5 Å². The van der Waals surface area contributed by atoms with Gasteiger partial charge >= 0.3 is 0 Å². The molecule has 0 saturated heterocycles. The molecular formula is C18H23NO2. The van der Waals surface area contributed by atoms with Gasteiger partial charge in [0.2, 0.25) is 0 Å². The van der Waals surface area contributed by atoms with Gasteiger partial charge in [-0.05, 0) is 37.6 Å². The lowest BCUT2D eigenvalue weighted by molar-refractivity contribution is 0.340. The number of methoxy groups -OCH3 is 1. The average Bonchev–Trinajstić information content (AvgIpc) is 2.54. The van der Waals surface area contributed by atoms with Gasteiger partial charge < -0.3 is 14.8 Å². The topological polar surface area (TPSA) is 30.5 Å². The summed E-state index contributed by atoms with van der Waals surface area (Å²) < 4.78 is 10.9. The quantitative estimate of drug-likeness (QED) is 0.835. The Morgan fingerprint density at radius 2 is 1.76 bits per heavy atom. The molecule has 0 radical (unpaired) electrons. The first kappa shape index (κ1) is 15.4. The third kappa shape index (κ3) is 4.23. The van der Waals surface area contributed by atoms with Crippen LogP contribution in [0.3, 0.4) is 0 Å². The minimum absolute atomic E-state index is 0.229. The van der Waals surface area contributed by atoms with Crippen LogP contribution >= 0.6 is 0 Å². The monoisotopic (exact) mass is 285 g/mol. The molecule has 2 rings (SSSR count). The lowest BCUT2D eigenvalue weighted by Crippen LogP contribution is -2.18. The van der Waals surface area contributed by atoms with Gasteiger partial charge in [-0.1, -0.05) is 30.3 Å². The molecule has 0 fully saturated rings.